The van der Waals surface area contributed by atoms with Crippen molar-refractivity contribution in [2.75, 3.05) is 0 Å². The number of hydrogen-bond acceptors (Lipinski definition) is 4. The molecule has 0 saturated heterocycles. The van der Waals surface area contributed by atoms with Crippen LogP contribution in [0, 0.1) is 0 Å². The molecule has 2 aliphatic rings. The molecule has 0 aromatic heterocycles. The second-order valence-electron chi connectivity index (χ2n) is 11.1. The van der Waals surface area contributed by atoms with E-state index in [1.54, 1.807) is 24.3 Å². The number of carbonyl (C=O) groups is 4. The molecule has 38 heavy (non-hydrogen) atoms. The Kier molecular flexibility index (Phi) is 9.01. The average Bonchev–Trinajstić information content (AvgIpc) is 2.90. The smallest absolute Gasteiger partial charge is 0.261 e. The molecule has 0 aliphatic carbocycles. The van der Waals surface area contributed by atoms with Gasteiger partial charge in [-0.15, -0.1) is 0 Å². The van der Waals surface area contributed by atoms with Crippen molar-refractivity contribution < 1.29 is 19.2 Å². The SMILES string of the molecule is CCCCCCC[C@@H](C)N1C(=O)c2ccc3c4c(ccc(c24)C1=O)C(=O)N([C@H](C)CCCCCCC)C3=O. The van der Waals surface area contributed by atoms with Crippen LogP contribution in [0.4, 0.5) is 0 Å². The predicted octanol–water partition coefficient (Wildman–Crippen LogP) is 7.53. The van der Waals surface area contributed by atoms with Gasteiger partial charge in [-0.25, -0.2) is 0 Å². The quantitative estimate of drug-likeness (QED) is 0.191. The van der Waals surface area contributed by atoms with Gasteiger partial charge in [0.1, 0.15) is 0 Å². The van der Waals surface area contributed by atoms with Gasteiger partial charge in [-0.1, -0.05) is 78.1 Å². The number of imide groups is 2. The lowest BCUT2D eigenvalue weighted by molar-refractivity contribution is 0.0520. The highest BCUT2D eigenvalue weighted by molar-refractivity contribution is 6.33. The van der Waals surface area contributed by atoms with E-state index < -0.39 is 0 Å². The molecule has 6 heteroatoms. The largest absolute Gasteiger partial charge is 0.272 e. The number of benzene rings is 2. The van der Waals surface area contributed by atoms with Crippen molar-refractivity contribution in [2.45, 2.75) is 117 Å². The fourth-order valence-electron chi connectivity index (χ4n) is 6.06. The molecular formula is C32H42N2O4. The Balaban J connectivity index is 1.60. The Morgan fingerprint density at radius 1 is 0.500 bits per heavy atom. The van der Waals surface area contributed by atoms with E-state index in [1.165, 1.54) is 35.5 Å². The van der Waals surface area contributed by atoms with E-state index in [2.05, 4.69) is 13.8 Å². The molecule has 0 unspecified atom stereocenters. The summed E-state index contributed by atoms with van der Waals surface area (Å²) >= 11 is 0. The van der Waals surface area contributed by atoms with Gasteiger partial charge in [0.25, 0.3) is 23.6 Å². The van der Waals surface area contributed by atoms with E-state index in [0.29, 0.717) is 33.0 Å². The highest BCUT2D eigenvalue weighted by atomic mass is 16.2. The van der Waals surface area contributed by atoms with Crippen molar-refractivity contribution in [2.24, 2.45) is 0 Å². The first-order valence-electron chi connectivity index (χ1n) is 14.7. The Bertz CT molecular complexity index is 1070. The zero-order chi connectivity index (χ0) is 27.4. The van der Waals surface area contributed by atoms with Gasteiger partial charge in [-0.2, -0.15) is 0 Å². The zero-order valence-electron chi connectivity index (χ0n) is 23.5. The molecule has 204 valence electrons. The Hall–Kier alpha value is -3.02. The van der Waals surface area contributed by atoms with Crippen LogP contribution < -0.4 is 0 Å². The van der Waals surface area contributed by atoms with Crippen LogP contribution in [0.5, 0.6) is 0 Å². The van der Waals surface area contributed by atoms with Crippen LogP contribution in [0.25, 0.3) is 10.8 Å². The maximum absolute atomic E-state index is 13.6. The molecule has 4 amide bonds. The number of nitrogens with zero attached hydrogens (tertiary/aromatic N) is 2. The standard InChI is InChI=1S/C32H42N2O4/c1-5-7-9-11-13-15-21(3)33-29(35)23-17-19-25-28-26(20-18-24(27(23)28)30(33)36)32(38)34(31(25)37)22(4)16-14-12-10-8-6-2/h17-22H,5-16H2,1-4H3/t21-,22-/m1/s1. The van der Waals surface area contributed by atoms with Crippen molar-refractivity contribution in [3.63, 3.8) is 0 Å². The first-order valence-corrected chi connectivity index (χ1v) is 14.7. The second-order valence-corrected chi connectivity index (χ2v) is 11.1. The first-order chi connectivity index (χ1) is 18.3. The third kappa shape index (κ3) is 5.14. The highest BCUT2D eigenvalue weighted by Crippen LogP contribution is 2.39. The number of rotatable bonds is 14. The van der Waals surface area contributed by atoms with Gasteiger partial charge in [0.2, 0.25) is 0 Å². The van der Waals surface area contributed by atoms with E-state index in [1.807, 2.05) is 13.8 Å². The molecule has 0 radical (unpaired) electrons. The van der Waals surface area contributed by atoms with Gasteiger partial charge >= 0.3 is 0 Å². The predicted molar refractivity (Wildman–Crippen MR) is 151 cm³/mol. The third-order valence-corrected chi connectivity index (χ3v) is 8.29. The van der Waals surface area contributed by atoms with Gasteiger partial charge in [-0.3, -0.25) is 29.0 Å². The van der Waals surface area contributed by atoms with Gasteiger partial charge in [0.05, 0.1) is 0 Å². The minimum absolute atomic E-state index is 0.219. The topological polar surface area (TPSA) is 74.8 Å². The van der Waals surface area contributed by atoms with Crippen LogP contribution in [0.15, 0.2) is 24.3 Å². The van der Waals surface area contributed by atoms with Crippen LogP contribution in [-0.2, 0) is 0 Å². The van der Waals surface area contributed by atoms with E-state index in [-0.39, 0.29) is 35.7 Å². The molecule has 0 spiro atoms. The fourth-order valence-corrected chi connectivity index (χ4v) is 6.06. The summed E-state index contributed by atoms with van der Waals surface area (Å²) in [6, 6.07) is 6.24. The minimum Gasteiger partial charge on any atom is -0.272 e. The second kappa shape index (κ2) is 12.2. The molecule has 2 aliphatic heterocycles. The molecule has 0 fully saturated rings. The molecule has 0 N–H and O–H groups in total. The van der Waals surface area contributed by atoms with E-state index in [0.717, 1.165) is 51.4 Å². The van der Waals surface area contributed by atoms with E-state index >= 15 is 0 Å². The van der Waals surface area contributed by atoms with Crippen LogP contribution in [0.3, 0.4) is 0 Å². The monoisotopic (exact) mass is 518 g/mol. The van der Waals surface area contributed by atoms with Crippen LogP contribution in [0.2, 0.25) is 0 Å². The van der Waals surface area contributed by atoms with Crippen molar-refractivity contribution in [1.29, 1.82) is 0 Å². The van der Waals surface area contributed by atoms with Crippen LogP contribution >= 0.6 is 0 Å². The normalized spacial score (nSPS) is 16.5. The van der Waals surface area contributed by atoms with Crippen molar-refractivity contribution in [3.05, 3.63) is 46.5 Å². The first kappa shape index (κ1) is 28.0. The van der Waals surface area contributed by atoms with Gasteiger partial charge < -0.3 is 0 Å². The summed E-state index contributed by atoms with van der Waals surface area (Å²) in [7, 11) is 0. The van der Waals surface area contributed by atoms with E-state index in [4.69, 9.17) is 0 Å². The molecule has 2 aromatic carbocycles. The number of unbranched alkanes of at least 4 members (excludes halogenated alkanes) is 8. The van der Waals surface area contributed by atoms with Crippen molar-refractivity contribution in [3.8, 4) is 0 Å². The number of hydrogen-bond donors (Lipinski definition) is 0. The van der Waals surface area contributed by atoms with Gasteiger partial charge in [0, 0.05) is 45.1 Å². The Morgan fingerprint density at radius 3 is 1.08 bits per heavy atom. The molecule has 2 atom stereocenters. The number of carbonyl (C=O) groups excluding carboxylic acids is 4. The molecule has 0 saturated carbocycles. The highest BCUT2D eigenvalue weighted by Gasteiger charge is 2.41. The summed E-state index contributed by atoms with van der Waals surface area (Å²) in [5, 5.41) is 0.907. The summed E-state index contributed by atoms with van der Waals surface area (Å²) in [4.78, 5) is 57.0. The summed E-state index contributed by atoms with van der Waals surface area (Å²) in [5.41, 5.74) is 1.60. The van der Waals surface area contributed by atoms with Crippen molar-refractivity contribution >= 4 is 34.4 Å². The Morgan fingerprint density at radius 2 is 0.789 bits per heavy atom. The van der Waals surface area contributed by atoms with Crippen molar-refractivity contribution in [1.82, 2.24) is 9.80 Å². The van der Waals surface area contributed by atoms with E-state index in [9.17, 15) is 19.2 Å². The fraction of sp³-hybridized carbons (Fsp3) is 0.562. The van der Waals surface area contributed by atoms with Crippen LogP contribution in [0.1, 0.15) is 146 Å². The lowest BCUT2D eigenvalue weighted by Crippen LogP contribution is -2.48. The molecule has 4 rings (SSSR count). The molecule has 2 aromatic rings. The Labute approximate surface area is 226 Å². The zero-order valence-corrected chi connectivity index (χ0v) is 23.5. The summed E-state index contributed by atoms with van der Waals surface area (Å²) in [6.07, 6.45) is 12.7. The summed E-state index contributed by atoms with van der Waals surface area (Å²) in [6.45, 7) is 8.21. The van der Waals surface area contributed by atoms with Crippen LogP contribution in [-0.4, -0.2) is 45.5 Å². The molecular weight excluding hydrogens is 476 g/mol. The third-order valence-electron chi connectivity index (χ3n) is 8.29. The lowest BCUT2D eigenvalue weighted by Gasteiger charge is -2.35. The minimum atomic E-state index is -0.338. The lowest BCUT2D eigenvalue weighted by atomic mass is 9.85. The summed E-state index contributed by atoms with van der Waals surface area (Å²) in [5.74, 6) is -1.35. The maximum Gasteiger partial charge on any atom is 0.261 e. The van der Waals surface area contributed by atoms with Gasteiger partial charge in [0.15, 0.2) is 0 Å². The average molecular weight is 519 g/mol. The molecule has 6 nitrogen and oxygen atoms in total. The molecule has 0 bridgehead atoms. The molecule has 2 heterocycles. The maximum atomic E-state index is 13.6. The van der Waals surface area contributed by atoms with Gasteiger partial charge in [-0.05, 0) is 51.0 Å². The summed E-state index contributed by atoms with van der Waals surface area (Å²) < 4.78 is 0. The number of amides is 4.